The van der Waals surface area contributed by atoms with E-state index in [1.54, 1.807) is 0 Å². The van der Waals surface area contributed by atoms with E-state index >= 15 is 0 Å². The summed E-state index contributed by atoms with van der Waals surface area (Å²) in [5, 5.41) is 0. The highest BCUT2D eigenvalue weighted by Gasteiger charge is 2.13. The van der Waals surface area contributed by atoms with Gasteiger partial charge in [-0.05, 0) is 23.6 Å². The summed E-state index contributed by atoms with van der Waals surface area (Å²) in [7, 11) is 1.02. The highest BCUT2D eigenvalue weighted by molar-refractivity contribution is 6.88. The van der Waals surface area contributed by atoms with Gasteiger partial charge in [0.15, 0.2) is 0 Å². The Kier molecular flexibility index (Phi) is 1.49. The van der Waals surface area contributed by atoms with E-state index in [9.17, 15) is 0 Å². The Morgan fingerprint density at radius 1 is 1.55 bits per heavy atom. The second-order valence-electron chi connectivity index (χ2n) is 2.71. The van der Waals surface area contributed by atoms with Gasteiger partial charge in [-0.25, -0.2) is 0 Å². The van der Waals surface area contributed by atoms with Crippen molar-refractivity contribution in [1.29, 1.82) is 0 Å². The van der Waals surface area contributed by atoms with Gasteiger partial charge in [0.2, 0.25) is 7.28 Å². The number of nitrogens with zero attached hydrogens (tertiary/aromatic N) is 2. The van der Waals surface area contributed by atoms with Gasteiger partial charge in [0.05, 0.1) is 11.9 Å². The number of fused-ring (bicyclic) bond motifs is 1. The van der Waals surface area contributed by atoms with Crippen molar-refractivity contribution < 1.29 is 0 Å². The van der Waals surface area contributed by atoms with Crippen LogP contribution in [0.1, 0.15) is 13.3 Å². The van der Waals surface area contributed by atoms with Crippen molar-refractivity contribution >= 4 is 24.0 Å². The SMILES string of the molecule is CCC1=Nc2cnccc2B1. The van der Waals surface area contributed by atoms with Crippen molar-refractivity contribution in [3.8, 4) is 0 Å². The van der Waals surface area contributed by atoms with Crippen LogP contribution in [-0.2, 0) is 0 Å². The molecule has 0 atom stereocenters. The first kappa shape index (κ1) is 6.59. The average Bonchev–Trinajstić information content (AvgIpc) is 2.46. The fraction of sp³-hybridized carbons (Fsp3) is 0.250. The first-order chi connectivity index (χ1) is 5.40. The van der Waals surface area contributed by atoms with Gasteiger partial charge in [0.1, 0.15) is 0 Å². The van der Waals surface area contributed by atoms with Crippen molar-refractivity contribution in [2.75, 3.05) is 0 Å². The second-order valence-corrected chi connectivity index (χ2v) is 2.71. The summed E-state index contributed by atoms with van der Waals surface area (Å²) >= 11 is 0. The number of hydrogen-bond acceptors (Lipinski definition) is 2. The molecule has 2 rings (SSSR count). The van der Waals surface area contributed by atoms with Crippen LogP contribution in [0.5, 0.6) is 0 Å². The minimum Gasteiger partial charge on any atom is -0.267 e. The molecule has 0 radical (unpaired) electrons. The quantitative estimate of drug-likeness (QED) is 0.529. The number of rotatable bonds is 1. The first-order valence-corrected chi connectivity index (χ1v) is 3.89. The van der Waals surface area contributed by atoms with Crippen LogP contribution in [0.25, 0.3) is 0 Å². The van der Waals surface area contributed by atoms with Crippen LogP contribution in [0, 0.1) is 0 Å². The molecule has 0 fully saturated rings. The maximum atomic E-state index is 4.42. The molecule has 0 saturated heterocycles. The number of pyridine rings is 1. The highest BCUT2D eigenvalue weighted by atomic mass is 14.8. The van der Waals surface area contributed by atoms with Crippen molar-refractivity contribution in [1.82, 2.24) is 4.98 Å². The molecule has 0 spiro atoms. The molecule has 0 amide bonds. The van der Waals surface area contributed by atoms with E-state index < -0.39 is 0 Å². The lowest BCUT2D eigenvalue weighted by atomic mass is 9.67. The summed E-state index contributed by atoms with van der Waals surface area (Å²) in [5.74, 6) is 0. The molecular weight excluding hydrogens is 135 g/mol. The zero-order chi connectivity index (χ0) is 7.68. The smallest absolute Gasteiger partial charge is 0.213 e. The molecule has 2 nitrogen and oxygen atoms in total. The van der Waals surface area contributed by atoms with Crippen LogP contribution in [0.2, 0.25) is 0 Å². The van der Waals surface area contributed by atoms with Gasteiger partial charge in [0.25, 0.3) is 0 Å². The van der Waals surface area contributed by atoms with Crippen LogP contribution >= 0.6 is 0 Å². The van der Waals surface area contributed by atoms with Gasteiger partial charge in [-0.15, -0.1) is 0 Å². The van der Waals surface area contributed by atoms with Gasteiger partial charge >= 0.3 is 0 Å². The van der Waals surface area contributed by atoms with Crippen LogP contribution in [0.3, 0.4) is 0 Å². The van der Waals surface area contributed by atoms with E-state index in [1.165, 1.54) is 11.1 Å². The predicted octanol–water partition coefficient (Wildman–Crippen LogP) is 0.597. The highest BCUT2D eigenvalue weighted by Crippen LogP contribution is 2.12. The summed E-state index contributed by atoms with van der Waals surface area (Å²) in [6.45, 7) is 2.14. The van der Waals surface area contributed by atoms with Gasteiger partial charge in [0, 0.05) is 6.20 Å². The zero-order valence-corrected chi connectivity index (χ0v) is 6.54. The van der Waals surface area contributed by atoms with Gasteiger partial charge in [-0.3, -0.25) is 9.98 Å². The summed E-state index contributed by atoms with van der Waals surface area (Å²) < 4.78 is 0. The molecular formula is C8H9BN2. The van der Waals surface area contributed by atoms with Crippen LogP contribution in [0.15, 0.2) is 23.5 Å². The lowest BCUT2D eigenvalue weighted by Crippen LogP contribution is -2.16. The van der Waals surface area contributed by atoms with Crippen molar-refractivity contribution in [3.05, 3.63) is 18.5 Å². The van der Waals surface area contributed by atoms with Gasteiger partial charge in [-0.1, -0.05) is 6.92 Å². The van der Waals surface area contributed by atoms with Crippen LogP contribution < -0.4 is 5.46 Å². The molecule has 3 heteroatoms. The monoisotopic (exact) mass is 144 g/mol. The normalized spacial score (nSPS) is 13.7. The molecule has 0 saturated carbocycles. The fourth-order valence-electron chi connectivity index (χ4n) is 1.30. The third kappa shape index (κ3) is 1.07. The molecule has 0 N–H and O–H groups in total. The summed E-state index contributed by atoms with van der Waals surface area (Å²) in [4.78, 5) is 8.44. The van der Waals surface area contributed by atoms with Crippen LogP contribution in [0.4, 0.5) is 5.69 Å². The van der Waals surface area contributed by atoms with Gasteiger partial charge in [-0.2, -0.15) is 0 Å². The number of aliphatic imine (C=N–C) groups is 1. The molecule has 0 bridgehead atoms. The number of hydrogen-bond donors (Lipinski definition) is 0. The molecule has 11 heavy (non-hydrogen) atoms. The summed E-state index contributed by atoms with van der Waals surface area (Å²) in [5.41, 5.74) is 3.65. The number of aromatic nitrogens is 1. The molecule has 1 aromatic heterocycles. The Balaban J connectivity index is 2.39. The minimum atomic E-state index is 1.02. The Hall–Kier alpha value is -1.12. The van der Waals surface area contributed by atoms with Crippen molar-refractivity contribution in [3.63, 3.8) is 0 Å². The molecule has 0 aromatic carbocycles. The molecule has 0 unspecified atom stereocenters. The third-order valence-corrected chi connectivity index (χ3v) is 1.97. The molecule has 54 valence electrons. The Bertz CT molecular complexity index is 307. The topological polar surface area (TPSA) is 25.2 Å². The van der Waals surface area contributed by atoms with Gasteiger partial charge < -0.3 is 0 Å². The summed E-state index contributed by atoms with van der Waals surface area (Å²) in [6.07, 6.45) is 4.71. The lowest BCUT2D eigenvalue weighted by Gasteiger charge is -1.90. The third-order valence-electron chi connectivity index (χ3n) is 1.97. The molecule has 2 heterocycles. The molecule has 0 aliphatic carbocycles. The first-order valence-electron chi connectivity index (χ1n) is 3.89. The summed E-state index contributed by atoms with van der Waals surface area (Å²) in [6, 6.07) is 2.04. The standard InChI is InChI=1S/C8H9BN2/c1-2-8-9-6-3-4-10-5-7(6)11-8/h3-5,9H,2H2,1H3. The molecule has 1 aromatic rings. The Labute approximate surface area is 66.6 Å². The van der Waals surface area contributed by atoms with Crippen molar-refractivity contribution in [2.45, 2.75) is 13.3 Å². The minimum absolute atomic E-state index is 1.02. The maximum absolute atomic E-state index is 4.42. The zero-order valence-electron chi connectivity index (χ0n) is 6.54. The van der Waals surface area contributed by atoms with E-state index in [-0.39, 0.29) is 0 Å². The Morgan fingerprint density at radius 3 is 3.18 bits per heavy atom. The maximum Gasteiger partial charge on any atom is 0.213 e. The van der Waals surface area contributed by atoms with E-state index in [1.807, 2.05) is 18.5 Å². The molecule has 1 aliphatic heterocycles. The van der Waals surface area contributed by atoms with Crippen molar-refractivity contribution in [2.24, 2.45) is 4.99 Å². The van der Waals surface area contributed by atoms with E-state index in [0.29, 0.717) is 0 Å². The van der Waals surface area contributed by atoms with E-state index in [0.717, 1.165) is 19.4 Å². The van der Waals surface area contributed by atoms with E-state index in [2.05, 4.69) is 16.9 Å². The Morgan fingerprint density at radius 2 is 2.45 bits per heavy atom. The van der Waals surface area contributed by atoms with E-state index in [4.69, 9.17) is 0 Å². The van der Waals surface area contributed by atoms with Crippen LogP contribution in [-0.4, -0.2) is 17.9 Å². The fourth-order valence-corrected chi connectivity index (χ4v) is 1.30. The predicted molar refractivity (Wildman–Crippen MR) is 48.4 cm³/mol. The average molecular weight is 144 g/mol. The second kappa shape index (κ2) is 2.49. The lowest BCUT2D eigenvalue weighted by molar-refractivity contribution is 1.29. The molecule has 1 aliphatic rings. The largest absolute Gasteiger partial charge is 0.267 e.